The van der Waals surface area contributed by atoms with Gasteiger partial charge in [-0.3, -0.25) is 4.79 Å². The Morgan fingerprint density at radius 3 is 2.54 bits per heavy atom. The second-order valence-electron chi connectivity index (χ2n) is 6.03. The number of aliphatic carboxylic acids is 1. The molecule has 7 heteroatoms. The van der Waals surface area contributed by atoms with Crippen molar-refractivity contribution in [2.45, 2.75) is 19.0 Å². The van der Waals surface area contributed by atoms with Crippen molar-refractivity contribution < 1.29 is 24.2 Å². The molecule has 2 aromatic carbocycles. The summed E-state index contributed by atoms with van der Waals surface area (Å²) in [5, 5.41) is 15.5. The quantitative estimate of drug-likeness (QED) is 0.736. The normalized spacial score (nSPS) is 16.4. The Kier molecular flexibility index (Phi) is 4.71. The van der Waals surface area contributed by atoms with Crippen molar-refractivity contribution in [2.24, 2.45) is 0 Å². The summed E-state index contributed by atoms with van der Waals surface area (Å²) in [6.07, 6.45) is 0. The van der Waals surface area contributed by atoms with Crippen molar-refractivity contribution in [3.05, 3.63) is 53.1 Å². The first-order valence-corrected chi connectivity index (χ1v) is 8.10. The summed E-state index contributed by atoms with van der Waals surface area (Å²) in [6, 6.07) is 9.15. The Bertz CT molecular complexity index is 865. The molecule has 0 spiro atoms. The molecule has 0 bridgehead atoms. The second kappa shape index (κ2) is 6.95. The van der Waals surface area contributed by atoms with Crippen LogP contribution in [-0.4, -0.2) is 31.2 Å². The van der Waals surface area contributed by atoms with Crippen molar-refractivity contribution in [1.82, 2.24) is 5.32 Å². The molecule has 0 aliphatic carbocycles. The Balaban J connectivity index is 1.92. The molecule has 3 N–H and O–H groups in total. The van der Waals surface area contributed by atoms with Crippen molar-refractivity contribution in [1.29, 1.82) is 0 Å². The first kappa shape index (κ1) is 17.6. The van der Waals surface area contributed by atoms with Gasteiger partial charge >= 0.3 is 5.97 Å². The third-order valence-corrected chi connectivity index (χ3v) is 4.41. The third-order valence-electron chi connectivity index (χ3n) is 4.41. The summed E-state index contributed by atoms with van der Waals surface area (Å²) in [6.45, 7) is 1.90. The van der Waals surface area contributed by atoms with Gasteiger partial charge in [0, 0.05) is 11.3 Å². The molecule has 1 aliphatic heterocycles. The molecule has 1 amide bonds. The molecule has 0 fully saturated rings. The average molecular weight is 356 g/mol. The van der Waals surface area contributed by atoms with E-state index in [1.54, 1.807) is 30.3 Å². The molecule has 0 radical (unpaired) electrons. The minimum atomic E-state index is -1.05. The molecule has 0 aromatic heterocycles. The number of anilines is 1. The zero-order chi connectivity index (χ0) is 18.8. The van der Waals surface area contributed by atoms with E-state index in [0.29, 0.717) is 28.3 Å². The van der Waals surface area contributed by atoms with Gasteiger partial charge < -0.3 is 25.2 Å². The number of rotatable bonds is 6. The van der Waals surface area contributed by atoms with Crippen LogP contribution in [0.15, 0.2) is 36.4 Å². The first-order valence-electron chi connectivity index (χ1n) is 8.10. The van der Waals surface area contributed by atoms with Crippen LogP contribution in [0.5, 0.6) is 11.5 Å². The molecule has 2 unspecified atom stereocenters. The lowest BCUT2D eigenvalue weighted by atomic mass is 10.0. The van der Waals surface area contributed by atoms with Crippen molar-refractivity contribution >= 4 is 17.6 Å². The fourth-order valence-corrected chi connectivity index (χ4v) is 3.06. The summed E-state index contributed by atoms with van der Waals surface area (Å²) < 4.78 is 10.4. The van der Waals surface area contributed by atoms with Crippen LogP contribution in [0.2, 0.25) is 0 Å². The summed E-state index contributed by atoms with van der Waals surface area (Å²) in [7, 11) is 3.01. The number of ether oxygens (including phenoxy) is 2. The number of hydrogen-bond acceptors (Lipinski definition) is 5. The molecule has 7 nitrogen and oxygen atoms in total. The van der Waals surface area contributed by atoms with Gasteiger partial charge in [-0.05, 0) is 42.3 Å². The molecule has 1 aliphatic rings. The van der Waals surface area contributed by atoms with Crippen LogP contribution in [0.3, 0.4) is 0 Å². The highest BCUT2D eigenvalue weighted by Gasteiger charge is 2.27. The van der Waals surface area contributed by atoms with Gasteiger partial charge in [0.1, 0.15) is 0 Å². The number of fused-ring (bicyclic) bond motifs is 1. The van der Waals surface area contributed by atoms with Gasteiger partial charge in [-0.2, -0.15) is 0 Å². The van der Waals surface area contributed by atoms with E-state index in [9.17, 15) is 14.7 Å². The fourth-order valence-electron chi connectivity index (χ4n) is 3.06. The lowest BCUT2D eigenvalue weighted by Gasteiger charge is -2.18. The molecule has 2 atom stereocenters. The van der Waals surface area contributed by atoms with E-state index >= 15 is 0 Å². The summed E-state index contributed by atoms with van der Waals surface area (Å²) in [5.41, 5.74) is 2.51. The largest absolute Gasteiger partial charge is 0.493 e. The number of carboxylic acid groups (broad SMARTS) is 1. The van der Waals surface area contributed by atoms with Gasteiger partial charge in [-0.1, -0.05) is 12.1 Å². The average Bonchev–Trinajstić information content (AvgIpc) is 2.92. The zero-order valence-electron chi connectivity index (χ0n) is 14.7. The van der Waals surface area contributed by atoms with Crippen LogP contribution in [0.4, 0.5) is 5.69 Å². The molecule has 26 heavy (non-hydrogen) atoms. The number of benzene rings is 2. The van der Waals surface area contributed by atoms with Crippen LogP contribution >= 0.6 is 0 Å². The van der Waals surface area contributed by atoms with Crippen LogP contribution in [0.1, 0.15) is 40.5 Å². The third kappa shape index (κ3) is 3.15. The molecule has 2 aromatic rings. The zero-order valence-corrected chi connectivity index (χ0v) is 14.7. The second-order valence-corrected chi connectivity index (χ2v) is 6.03. The van der Waals surface area contributed by atoms with Crippen LogP contribution in [0, 0.1) is 0 Å². The lowest BCUT2D eigenvalue weighted by molar-refractivity contribution is -0.138. The Labute approximate surface area is 150 Å². The van der Waals surface area contributed by atoms with E-state index in [2.05, 4.69) is 10.6 Å². The minimum absolute atomic E-state index is 0.0485. The van der Waals surface area contributed by atoms with E-state index in [1.807, 2.05) is 13.0 Å². The van der Waals surface area contributed by atoms with Crippen LogP contribution < -0.4 is 20.1 Å². The van der Waals surface area contributed by atoms with E-state index in [-0.39, 0.29) is 11.9 Å². The predicted molar refractivity (Wildman–Crippen MR) is 95.9 cm³/mol. The number of carbonyl (C=O) groups excluding carboxylic acids is 1. The van der Waals surface area contributed by atoms with Crippen molar-refractivity contribution in [3.63, 3.8) is 0 Å². The van der Waals surface area contributed by atoms with Gasteiger partial charge in [-0.25, -0.2) is 4.79 Å². The van der Waals surface area contributed by atoms with E-state index in [0.717, 1.165) is 5.56 Å². The predicted octanol–water partition coefficient (Wildman–Crippen LogP) is 2.75. The summed E-state index contributed by atoms with van der Waals surface area (Å²) in [4.78, 5) is 23.8. The topological polar surface area (TPSA) is 96.9 Å². The number of nitrogens with one attached hydrogen (secondary N) is 2. The van der Waals surface area contributed by atoms with Gasteiger partial charge in [0.15, 0.2) is 17.5 Å². The van der Waals surface area contributed by atoms with Crippen molar-refractivity contribution in [2.75, 3.05) is 19.5 Å². The Morgan fingerprint density at radius 2 is 1.88 bits per heavy atom. The standard InChI is InChI=1S/C19H20N2O5/c1-10-13-6-5-12(9-14(13)18(22)20-10)21-17(19(23)24)11-4-7-15(25-2)16(8-11)26-3/h4-10,17,21H,1-3H3,(H,20,22)(H,23,24). The summed E-state index contributed by atoms with van der Waals surface area (Å²) >= 11 is 0. The highest BCUT2D eigenvalue weighted by molar-refractivity contribution is 6.00. The number of carbonyl (C=O) groups is 2. The van der Waals surface area contributed by atoms with Gasteiger partial charge in [0.2, 0.25) is 0 Å². The maximum atomic E-state index is 12.0. The smallest absolute Gasteiger partial charge is 0.330 e. The van der Waals surface area contributed by atoms with Gasteiger partial charge in [-0.15, -0.1) is 0 Å². The number of carboxylic acids is 1. The van der Waals surface area contributed by atoms with E-state index in [1.165, 1.54) is 14.2 Å². The maximum Gasteiger partial charge on any atom is 0.330 e. The van der Waals surface area contributed by atoms with E-state index < -0.39 is 12.0 Å². The van der Waals surface area contributed by atoms with Crippen LogP contribution in [-0.2, 0) is 4.79 Å². The monoisotopic (exact) mass is 356 g/mol. The van der Waals surface area contributed by atoms with Gasteiger partial charge in [0.25, 0.3) is 5.91 Å². The van der Waals surface area contributed by atoms with Crippen LogP contribution in [0.25, 0.3) is 0 Å². The van der Waals surface area contributed by atoms with Crippen molar-refractivity contribution in [3.8, 4) is 11.5 Å². The molecular formula is C19H20N2O5. The molecule has 0 saturated carbocycles. The lowest BCUT2D eigenvalue weighted by Crippen LogP contribution is -2.21. The van der Waals surface area contributed by atoms with E-state index in [4.69, 9.17) is 9.47 Å². The first-order chi connectivity index (χ1) is 12.4. The maximum absolute atomic E-state index is 12.0. The molecular weight excluding hydrogens is 336 g/mol. The minimum Gasteiger partial charge on any atom is -0.493 e. The molecule has 3 rings (SSSR count). The van der Waals surface area contributed by atoms with Gasteiger partial charge in [0.05, 0.1) is 20.3 Å². The highest BCUT2D eigenvalue weighted by Crippen LogP contribution is 2.33. The highest BCUT2D eigenvalue weighted by atomic mass is 16.5. The fraction of sp³-hybridized carbons (Fsp3) is 0.263. The molecule has 136 valence electrons. The number of hydrogen-bond donors (Lipinski definition) is 3. The number of methoxy groups -OCH3 is 2. The SMILES string of the molecule is COc1ccc(C(Nc2ccc3c(c2)C(=O)NC3C)C(=O)O)cc1OC. The summed E-state index contributed by atoms with van der Waals surface area (Å²) in [5.74, 6) is -0.242. The molecule has 0 saturated heterocycles. The number of amides is 1. The molecule has 1 heterocycles. The Morgan fingerprint density at radius 1 is 1.15 bits per heavy atom. The Hall–Kier alpha value is -3.22.